The lowest BCUT2D eigenvalue weighted by Crippen LogP contribution is -2.47. The Hall–Kier alpha value is -2.41. The van der Waals surface area contributed by atoms with Gasteiger partial charge < -0.3 is 10.2 Å². The van der Waals surface area contributed by atoms with Gasteiger partial charge in [0.1, 0.15) is 5.71 Å². The van der Waals surface area contributed by atoms with E-state index < -0.39 is 0 Å². The van der Waals surface area contributed by atoms with Gasteiger partial charge >= 0.3 is 0 Å². The Balaban J connectivity index is 1.35. The number of benzene rings is 1. The van der Waals surface area contributed by atoms with Crippen molar-refractivity contribution in [3.8, 4) is 0 Å². The first kappa shape index (κ1) is 18.0. The van der Waals surface area contributed by atoms with Gasteiger partial charge in [-0.2, -0.15) is 5.10 Å². The van der Waals surface area contributed by atoms with Crippen LogP contribution in [0.2, 0.25) is 0 Å². The molecule has 1 aromatic rings. The Morgan fingerprint density at radius 1 is 1.19 bits per heavy atom. The summed E-state index contributed by atoms with van der Waals surface area (Å²) in [6, 6.07) is 7.98. The van der Waals surface area contributed by atoms with Gasteiger partial charge in [0.2, 0.25) is 5.91 Å². The molecule has 0 spiro atoms. The molecule has 4 rings (SSSR count). The number of hydrogen-bond donors (Lipinski definition) is 1. The fourth-order valence-corrected chi connectivity index (χ4v) is 3.67. The van der Waals surface area contributed by atoms with Crippen molar-refractivity contribution in [3.05, 3.63) is 24.3 Å². The number of piperazine rings is 1. The van der Waals surface area contributed by atoms with Crippen LogP contribution in [0.3, 0.4) is 0 Å². The van der Waals surface area contributed by atoms with Gasteiger partial charge in [-0.1, -0.05) is 6.07 Å². The normalized spacial score (nSPS) is 21.2. The second-order valence-electron chi connectivity index (χ2n) is 7.70. The largest absolute Gasteiger partial charge is 0.369 e. The topological polar surface area (TPSA) is 68.2 Å². The summed E-state index contributed by atoms with van der Waals surface area (Å²) in [6.45, 7) is 5.49. The molecule has 27 heavy (non-hydrogen) atoms. The average Bonchev–Trinajstić information content (AvgIpc) is 3.49. The Labute approximate surface area is 160 Å². The van der Waals surface area contributed by atoms with E-state index in [2.05, 4.69) is 26.3 Å². The summed E-state index contributed by atoms with van der Waals surface area (Å²) in [5.74, 6) is 0.641. The fraction of sp³-hybridized carbons (Fsp3) is 0.550. The highest BCUT2D eigenvalue weighted by Crippen LogP contribution is 2.30. The number of amides is 2. The first-order chi connectivity index (χ1) is 13.1. The first-order valence-electron chi connectivity index (χ1n) is 9.81. The summed E-state index contributed by atoms with van der Waals surface area (Å²) in [4.78, 5) is 28.9. The van der Waals surface area contributed by atoms with Gasteiger partial charge in [-0.25, -0.2) is 5.01 Å². The van der Waals surface area contributed by atoms with Crippen molar-refractivity contribution >= 4 is 28.9 Å². The Bertz CT molecular complexity index is 750. The maximum absolute atomic E-state index is 12.5. The van der Waals surface area contributed by atoms with E-state index in [0.29, 0.717) is 18.6 Å². The van der Waals surface area contributed by atoms with Crippen LogP contribution in [0.15, 0.2) is 29.4 Å². The molecule has 2 aliphatic heterocycles. The predicted molar refractivity (Wildman–Crippen MR) is 106 cm³/mol. The average molecular weight is 369 g/mol. The second-order valence-corrected chi connectivity index (χ2v) is 7.70. The second kappa shape index (κ2) is 7.68. The maximum atomic E-state index is 12.5. The summed E-state index contributed by atoms with van der Waals surface area (Å²) < 4.78 is 0. The lowest BCUT2D eigenvalue weighted by molar-refractivity contribution is -0.130. The van der Waals surface area contributed by atoms with Crippen LogP contribution in [0.5, 0.6) is 0 Å². The number of hydrogen-bond acceptors (Lipinski definition) is 5. The van der Waals surface area contributed by atoms with E-state index >= 15 is 0 Å². The third-order valence-corrected chi connectivity index (χ3v) is 5.52. The van der Waals surface area contributed by atoms with E-state index in [1.807, 2.05) is 18.2 Å². The third-order valence-electron chi connectivity index (χ3n) is 5.52. The summed E-state index contributed by atoms with van der Waals surface area (Å²) in [5.41, 5.74) is 2.30. The van der Waals surface area contributed by atoms with E-state index in [-0.39, 0.29) is 11.8 Å². The van der Waals surface area contributed by atoms with Gasteiger partial charge in [-0.3, -0.25) is 14.5 Å². The molecule has 2 fully saturated rings. The smallest absolute Gasteiger partial charge is 0.271 e. The minimum absolute atomic E-state index is 0.0608. The molecule has 3 aliphatic rings. The van der Waals surface area contributed by atoms with Crippen LogP contribution in [0.4, 0.5) is 11.4 Å². The molecule has 7 heteroatoms. The molecule has 1 saturated carbocycles. The first-order valence-corrected chi connectivity index (χ1v) is 9.81. The maximum Gasteiger partial charge on any atom is 0.271 e. The fourth-order valence-electron chi connectivity index (χ4n) is 3.67. The van der Waals surface area contributed by atoms with Crippen LogP contribution in [-0.4, -0.2) is 67.2 Å². The summed E-state index contributed by atoms with van der Waals surface area (Å²) >= 11 is 0. The van der Waals surface area contributed by atoms with Crippen molar-refractivity contribution in [2.75, 3.05) is 50.0 Å². The standard InChI is InChI=1S/C20H27N5O2/c1-23-19(26)8-7-18(22-23)20(27)21-16-3-2-4-17(13-16)25-11-9-24(10-12-25)14-15-5-6-15/h2-4,13,15H,5-12,14H2,1H3,(H,21,27). The van der Waals surface area contributed by atoms with Gasteiger partial charge in [0.15, 0.2) is 0 Å². The van der Waals surface area contributed by atoms with Gasteiger partial charge in [0, 0.05) is 64.0 Å². The van der Waals surface area contributed by atoms with Crippen molar-refractivity contribution in [1.82, 2.24) is 9.91 Å². The van der Waals surface area contributed by atoms with Crippen LogP contribution in [0, 0.1) is 5.92 Å². The monoisotopic (exact) mass is 369 g/mol. The minimum atomic E-state index is -0.235. The van der Waals surface area contributed by atoms with Gasteiger partial charge in [-0.15, -0.1) is 0 Å². The Kier molecular flexibility index (Phi) is 5.11. The highest BCUT2D eigenvalue weighted by atomic mass is 16.2. The molecule has 0 aromatic heterocycles. The molecule has 0 radical (unpaired) electrons. The zero-order valence-electron chi connectivity index (χ0n) is 15.9. The van der Waals surface area contributed by atoms with Crippen LogP contribution in [-0.2, 0) is 9.59 Å². The Morgan fingerprint density at radius 2 is 1.96 bits per heavy atom. The number of anilines is 2. The molecule has 1 aliphatic carbocycles. The van der Waals surface area contributed by atoms with Crippen molar-refractivity contribution < 1.29 is 9.59 Å². The van der Waals surface area contributed by atoms with Crippen LogP contribution in [0.25, 0.3) is 0 Å². The van der Waals surface area contributed by atoms with Crippen LogP contribution in [0.1, 0.15) is 25.7 Å². The number of carbonyl (C=O) groups excluding carboxylic acids is 2. The number of hydrazone groups is 1. The van der Waals surface area contributed by atoms with Crippen molar-refractivity contribution in [3.63, 3.8) is 0 Å². The minimum Gasteiger partial charge on any atom is -0.369 e. The van der Waals surface area contributed by atoms with Crippen molar-refractivity contribution in [1.29, 1.82) is 0 Å². The quantitative estimate of drug-likeness (QED) is 0.859. The van der Waals surface area contributed by atoms with Crippen molar-refractivity contribution in [2.45, 2.75) is 25.7 Å². The summed E-state index contributed by atoms with van der Waals surface area (Å²) in [7, 11) is 1.58. The SMILES string of the molecule is CN1N=C(C(=O)Nc2cccc(N3CCN(CC4CC4)CC3)c2)CCC1=O. The zero-order valence-corrected chi connectivity index (χ0v) is 15.9. The zero-order chi connectivity index (χ0) is 18.8. The van der Waals surface area contributed by atoms with E-state index in [9.17, 15) is 9.59 Å². The number of nitrogens with zero attached hydrogens (tertiary/aromatic N) is 4. The van der Waals surface area contributed by atoms with Gasteiger partial charge in [0.25, 0.3) is 5.91 Å². The lowest BCUT2D eigenvalue weighted by atomic mass is 10.1. The molecule has 2 amide bonds. The predicted octanol–water partition coefficient (Wildman–Crippen LogP) is 1.77. The molecule has 0 unspecified atom stereocenters. The van der Waals surface area contributed by atoms with Crippen LogP contribution >= 0.6 is 0 Å². The summed E-state index contributed by atoms with van der Waals surface area (Å²) in [6.07, 6.45) is 3.51. The van der Waals surface area contributed by atoms with E-state index in [1.165, 1.54) is 24.4 Å². The lowest BCUT2D eigenvalue weighted by Gasteiger charge is -2.36. The number of rotatable bonds is 5. The van der Waals surface area contributed by atoms with Gasteiger partial charge in [0.05, 0.1) is 0 Å². The molecule has 1 saturated heterocycles. The molecule has 144 valence electrons. The molecule has 0 bridgehead atoms. The molecule has 1 N–H and O–H groups in total. The molecular formula is C20H27N5O2. The number of nitrogens with one attached hydrogen (secondary N) is 1. The Morgan fingerprint density at radius 3 is 2.67 bits per heavy atom. The molecule has 7 nitrogen and oxygen atoms in total. The molecule has 1 aromatic carbocycles. The van der Waals surface area contributed by atoms with E-state index in [4.69, 9.17) is 0 Å². The van der Waals surface area contributed by atoms with Gasteiger partial charge in [-0.05, 0) is 37.0 Å². The van der Waals surface area contributed by atoms with Crippen LogP contribution < -0.4 is 10.2 Å². The van der Waals surface area contributed by atoms with E-state index in [0.717, 1.165) is 43.5 Å². The molecular weight excluding hydrogens is 342 g/mol. The summed E-state index contributed by atoms with van der Waals surface area (Å²) in [5, 5.41) is 8.25. The number of carbonyl (C=O) groups is 2. The van der Waals surface area contributed by atoms with Crippen molar-refractivity contribution in [2.24, 2.45) is 11.0 Å². The highest BCUT2D eigenvalue weighted by Gasteiger charge is 2.26. The third kappa shape index (κ3) is 4.47. The molecule has 0 atom stereocenters. The molecule has 2 heterocycles. The highest BCUT2D eigenvalue weighted by molar-refractivity contribution is 6.43. The van der Waals surface area contributed by atoms with E-state index in [1.54, 1.807) is 7.05 Å².